The highest BCUT2D eigenvalue weighted by Gasteiger charge is 2.21. The van der Waals surface area contributed by atoms with Crippen molar-refractivity contribution in [3.8, 4) is 5.69 Å². The highest BCUT2D eigenvalue weighted by molar-refractivity contribution is 7.71. The van der Waals surface area contributed by atoms with Crippen molar-refractivity contribution in [1.82, 2.24) is 14.5 Å². The Bertz CT molecular complexity index is 1110. The van der Waals surface area contributed by atoms with Crippen molar-refractivity contribution < 1.29 is 14.0 Å². The Balaban J connectivity index is 1.78. The summed E-state index contributed by atoms with van der Waals surface area (Å²) in [6, 6.07) is 10.4. The minimum Gasteiger partial charge on any atom is -0.336 e. The van der Waals surface area contributed by atoms with Crippen LogP contribution in [0.2, 0.25) is 10.0 Å². The van der Waals surface area contributed by atoms with E-state index in [0.29, 0.717) is 5.69 Å². The zero-order chi connectivity index (χ0) is 21.1. The lowest BCUT2D eigenvalue weighted by molar-refractivity contribution is -0.116. The number of hydrogen-bond donors (Lipinski definition) is 2. The first-order valence-corrected chi connectivity index (χ1v) is 9.50. The molecule has 0 aliphatic carbocycles. The quantitative estimate of drug-likeness (QED) is 0.551. The lowest BCUT2D eigenvalue weighted by Gasteiger charge is -2.18. The molecular formula is C19H15Cl2FN4O2S. The molecule has 2 aromatic carbocycles. The number of nitrogens with zero attached hydrogens (tertiary/aromatic N) is 2. The predicted octanol–water partition coefficient (Wildman–Crippen LogP) is 4.69. The number of likely N-dealkylation sites (N-methyl/N-ethyl adjacent to an activating group) is 1. The van der Waals surface area contributed by atoms with Crippen LogP contribution in [0.15, 0.2) is 48.7 Å². The Morgan fingerprint density at radius 2 is 1.79 bits per heavy atom. The molecule has 3 aromatic rings. The second-order valence-electron chi connectivity index (χ2n) is 6.10. The normalized spacial score (nSPS) is 10.6. The Hall–Kier alpha value is -2.68. The van der Waals surface area contributed by atoms with Crippen LogP contribution in [0.3, 0.4) is 0 Å². The lowest BCUT2D eigenvalue weighted by Crippen LogP contribution is -2.36. The molecule has 10 heteroatoms. The van der Waals surface area contributed by atoms with E-state index in [-0.39, 0.29) is 32.7 Å². The second kappa shape index (κ2) is 8.77. The number of para-hydroxylation sites is 1. The Kier molecular flexibility index (Phi) is 6.36. The number of halogens is 3. The molecule has 0 aliphatic heterocycles. The monoisotopic (exact) mass is 452 g/mol. The number of carbonyl (C=O) groups excluding carboxylic acids is 2. The number of anilines is 1. The van der Waals surface area contributed by atoms with Crippen LogP contribution >= 0.6 is 35.4 Å². The number of imidazole rings is 1. The van der Waals surface area contributed by atoms with Gasteiger partial charge in [0.25, 0.3) is 5.91 Å². The molecule has 0 saturated carbocycles. The van der Waals surface area contributed by atoms with Gasteiger partial charge in [-0.15, -0.1) is 0 Å². The first-order valence-electron chi connectivity index (χ1n) is 8.33. The van der Waals surface area contributed by atoms with E-state index in [9.17, 15) is 14.0 Å². The standard InChI is InChI=1S/C19H15Cl2FN4O2S/c1-25(10-16(27)24-17-13(20)3-2-4-14(17)21)18(28)15-9-23-19(29)26(15)12-7-5-11(22)6-8-12/h2-9H,10H2,1H3,(H,23,29)(H,24,27). The van der Waals surface area contributed by atoms with Crippen LogP contribution in [0.25, 0.3) is 5.69 Å². The van der Waals surface area contributed by atoms with E-state index < -0.39 is 17.6 Å². The third kappa shape index (κ3) is 4.67. The van der Waals surface area contributed by atoms with Crippen molar-refractivity contribution in [2.45, 2.75) is 0 Å². The van der Waals surface area contributed by atoms with E-state index in [2.05, 4.69) is 10.3 Å². The molecule has 0 fully saturated rings. The molecule has 29 heavy (non-hydrogen) atoms. The molecule has 2 N–H and O–H groups in total. The minimum atomic E-state index is -0.474. The molecule has 6 nitrogen and oxygen atoms in total. The maximum atomic E-state index is 13.2. The first kappa shape index (κ1) is 21.0. The summed E-state index contributed by atoms with van der Waals surface area (Å²) < 4.78 is 14.9. The van der Waals surface area contributed by atoms with Crippen LogP contribution in [0.4, 0.5) is 10.1 Å². The van der Waals surface area contributed by atoms with Gasteiger partial charge in [0.1, 0.15) is 11.5 Å². The third-order valence-electron chi connectivity index (χ3n) is 4.03. The SMILES string of the molecule is CN(CC(=O)Nc1c(Cl)cccc1Cl)C(=O)c1c[nH]c(=S)n1-c1ccc(F)cc1. The molecule has 3 rings (SSSR count). The second-order valence-corrected chi connectivity index (χ2v) is 7.30. The summed E-state index contributed by atoms with van der Waals surface area (Å²) in [6.45, 7) is -0.248. The molecule has 0 spiro atoms. The molecular weight excluding hydrogens is 438 g/mol. The number of carbonyl (C=O) groups is 2. The van der Waals surface area contributed by atoms with Gasteiger partial charge in [0.15, 0.2) is 4.77 Å². The smallest absolute Gasteiger partial charge is 0.272 e. The third-order valence-corrected chi connectivity index (χ3v) is 4.97. The summed E-state index contributed by atoms with van der Waals surface area (Å²) in [7, 11) is 1.47. The van der Waals surface area contributed by atoms with Crippen LogP contribution in [0, 0.1) is 10.6 Å². The summed E-state index contributed by atoms with van der Waals surface area (Å²) >= 11 is 17.3. The van der Waals surface area contributed by atoms with Gasteiger partial charge in [-0.3, -0.25) is 14.2 Å². The average molecular weight is 453 g/mol. The first-order chi connectivity index (χ1) is 13.8. The van der Waals surface area contributed by atoms with Crippen molar-refractivity contribution in [2.75, 3.05) is 18.9 Å². The van der Waals surface area contributed by atoms with Gasteiger partial charge in [-0.05, 0) is 48.6 Å². The van der Waals surface area contributed by atoms with Gasteiger partial charge < -0.3 is 15.2 Å². The number of aromatic nitrogens is 2. The summed E-state index contributed by atoms with van der Waals surface area (Å²) in [5.41, 5.74) is 0.993. The number of H-pyrrole nitrogens is 1. The molecule has 0 bridgehead atoms. The Morgan fingerprint density at radius 3 is 2.41 bits per heavy atom. The maximum absolute atomic E-state index is 13.2. The molecule has 1 aromatic heterocycles. The highest BCUT2D eigenvalue weighted by Crippen LogP contribution is 2.29. The van der Waals surface area contributed by atoms with Crippen molar-refractivity contribution in [3.63, 3.8) is 0 Å². The molecule has 0 atom stereocenters. The fraction of sp³-hybridized carbons (Fsp3) is 0.105. The summed E-state index contributed by atoms with van der Waals surface area (Å²) in [4.78, 5) is 29.3. The van der Waals surface area contributed by atoms with Gasteiger partial charge in [-0.25, -0.2) is 4.39 Å². The van der Waals surface area contributed by atoms with E-state index in [1.165, 1.54) is 47.0 Å². The number of aromatic amines is 1. The zero-order valence-corrected chi connectivity index (χ0v) is 17.4. The molecule has 0 radical (unpaired) electrons. The summed E-state index contributed by atoms with van der Waals surface area (Å²) in [5.74, 6) is -1.34. The van der Waals surface area contributed by atoms with Crippen LogP contribution in [-0.4, -0.2) is 39.9 Å². The fourth-order valence-electron chi connectivity index (χ4n) is 2.65. The maximum Gasteiger partial charge on any atom is 0.272 e. The van der Waals surface area contributed by atoms with E-state index in [1.807, 2.05) is 0 Å². The van der Waals surface area contributed by atoms with E-state index >= 15 is 0 Å². The molecule has 0 saturated heterocycles. The van der Waals surface area contributed by atoms with E-state index in [0.717, 1.165) is 0 Å². The molecule has 1 heterocycles. The number of hydrogen-bond acceptors (Lipinski definition) is 3. The van der Waals surface area contributed by atoms with Crippen LogP contribution in [0.1, 0.15) is 10.5 Å². The largest absolute Gasteiger partial charge is 0.336 e. The number of amides is 2. The molecule has 150 valence electrons. The average Bonchev–Trinajstić information content (AvgIpc) is 3.06. The van der Waals surface area contributed by atoms with Gasteiger partial charge in [0.2, 0.25) is 5.91 Å². The van der Waals surface area contributed by atoms with Crippen molar-refractivity contribution in [3.05, 3.63) is 75.0 Å². The molecule has 0 unspecified atom stereocenters. The van der Waals surface area contributed by atoms with Crippen molar-refractivity contribution in [2.24, 2.45) is 0 Å². The van der Waals surface area contributed by atoms with Gasteiger partial charge in [0.05, 0.1) is 22.3 Å². The number of benzene rings is 2. The van der Waals surface area contributed by atoms with Gasteiger partial charge >= 0.3 is 0 Å². The highest BCUT2D eigenvalue weighted by atomic mass is 35.5. The lowest BCUT2D eigenvalue weighted by atomic mass is 10.3. The Morgan fingerprint density at radius 1 is 1.17 bits per heavy atom. The van der Waals surface area contributed by atoms with Crippen molar-refractivity contribution >= 4 is 52.9 Å². The summed E-state index contributed by atoms with van der Waals surface area (Å²) in [6.07, 6.45) is 1.44. The van der Waals surface area contributed by atoms with E-state index in [1.54, 1.807) is 18.2 Å². The van der Waals surface area contributed by atoms with Crippen LogP contribution < -0.4 is 5.32 Å². The number of rotatable bonds is 5. The van der Waals surface area contributed by atoms with Crippen LogP contribution in [0.5, 0.6) is 0 Å². The molecule has 0 aliphatic rings. The van der Waals surface area contributed by atoms with E-state index in [4.69, 9.17) is 35.4 Å². The molecule has 2 amide bonds. The van der Waals surface area contributed by atoms with Gasteiger partial charge in [0, 0.05) is 18.9 Å². The van der Waals surface area contributed by atoms with Crippen LogP contribution in [-0.2, 0) is 4.79 Å². The van der Waals surface area contributed by atoms with Gasteiger partial charge in [-0.1, -0.05) is 29.3 Å². The van der Waals surface area contributed by atoms with Crippen molar-refractivity contribution in [1.29, 1.82) is 0 Å². The fourth-order valence-corrected chi connectivity index (χ4v) is 3.41. The van der Waals surface area contributed by atoms with Gasteiger partial charge in [-0.2, -0.15) is 0 Å². The predicted molar refractivity (Wildman–Crippen MR) is 113 cm³/mol. The minimum absolute atomic E-state index is 0.202. The number of nitrogens with one attached hydrogen (secondary N) is 2. The Labute approximate surface area is 180 Å². The summed E-state index contributed by atoms with van der Waals surface area (Å²) in [5, 5.41) is 3.17. The zero-order valence-electron chi connectivity index (χ0n) is 15.1. The topological polar surface area (TPSA) is 70.1 Å².